The Morgan fingerprint density at radius 3 is 2.81 bits per heavy atom. The summed E-state index contributed by atoms with van der Waals surface area (Å²) < 4.78 is 2.02. The van der Waals surface area contributed by atoms with E-state index in [9.17, 15) is 0 Å². The van der Waals surface area contributed by atoms with E-state index in [2.05, 4.69) is 30.3 Å². The number of nitrogens with zero attached hydrogens (tertiary/aromatic N) is 2. The first-order valence-corrected chi connectivity index (χ1v) is 6.44. The van der Waals surface area contributed by atoms with Gasteiger partial charge >= 0.3 is 0 Å². The maximum atomic E-state index is 4.43. The van der Waals surface area contributed by atoms with Gasteiger partial charge in [0.15, 0.2) is 0 Å². The van der Waals surface area contributed by atoms with Crippen LogP contribution in [0.4, 0.5) is 0 Å². The highest BCUT2D eigenvalue weighted by molar-refractivity contribution is 5.13. The normalized spacial score (nSPS) is 17.7. The molecule has 0 amide bonds. The molecule has 0 aromatic carbocycles. The van der Waals surface area contributed by atoms with Crippen LogP contribution in [0.3, 0.4) is 0 Å². The minimum absolute atomic E-state index is 0.483. The Morgan fingerprint density at radius 2 is 2.31 bits per heavy atom. The third kappa shape index (κ3) is 2.85. The molecule has 1 aliphatic rings. The van der Waals surface area contributed by atoms with Gasteiger partial charge in [-0.1, -0.05) is 19.8 Å². The number of hydrogen-bond donors (Lipinski definition) is 1. The molecule has 1 heterocycles. The zero-order valence-corrected chi connectivity index (χ0v) is 10.7. The first-order chi connectivity index (χ1) is 7.70. The van der Waals surface area contributed by atoms with E-state index in [4.69, 9.17) is 0 Å². The summed E-state index contributed by atoms with van der Waals surface area (Å²) in [4.78, 5) is 0. The lowest BCUT2D eigenvalue weighted by Crippen LogP contribution is -2.23. The topological polar surface area (TPSA) is 29.9 Å². The van der Waals surface area contributed by atoms with E-state index in [-0.39, 0.29) is 0 Å². The van der Waals surface area contributed by atoms with Crippen molar-refractivity contribution in [1.82, 2.24) is 15.1 Å². The zero-order chi connectivity index (χ0) is 11.5. The summed E-state index contributed by atoms with van der Waals surface area (Å²) in [6.45, 7) is 5.26. The van der Waals surface area contributed by atoms with Crippen molar-refractivity contribution in [2.75, 3.05) is 6.54 Å². The molecule has 0 aliphatic heterocycles. The Labute approximate surface area is 98.2 Å². The first-order valence-electron chi connectivity index (χ1n) is 6.44. The summed E-state index contributed by atoms with van der Waals surface area (Å²) in [6, 6.07) is 2.69. The van der Waals surface area contributed by atoms with Gasteiger partial charge in [-0.25, -0.2) is 0 Å². The average Bonchev–Trinajstić information content (AvgIpc) is 2.99. The molecule has 1 fully saturated rings. The van der Waals surface area contributed by atoms with Gasteiger partial charge < -0.3 is 5.32 Å². The fourth-order valence-corrected chi connectivity index (χ4v) is 2.37. The first kappa shape index (κ1) is 11.6. The van der Waals surface area contributed by atoms with Crippen LogP contribution < -0.4 is 5.32 Å². The van der Waals surface area contributed by atoms with Crippen LogP contribution in [-0.2, 0) is 7.05 Å². The van der Waals surface area contributed by atoms with Gasteiger partial charge in [-0.15, -0.1) is 0 Å². The standard InChI is InChI=1S/C13H23N3/c1-4-14-12(8-7-11-5-6-11)13-9-10(2)15-16(13)3/h9,11-12,14H,4-8H2,1-3H3. The van der Waals surface area contributed by atoms with E-state index in [0.29, 0.717) is 6.04 Å². The van der Waals surface area contributed by atoms with Crippen LogP contribution in [-0.4, -0.2) is 16.3 Å². The highest BCUT2D eigenvalue weighted by atomic mass is 15.3. The van der Waals surface area contributed by atoms with E-state index in [1.807, 2.05) is 11.7 Å². The van der Waals surface area contributed by atoms with E-state index in [1.165, 1.54) is 31.4 Å². The minimum Gasteiger partial charge on any atom is -0.309 e. The van der Waals surface area contributed by atoms with Gasteiger partial charge in [-0.3, -0.25) is 4.68 Å². The molecule has 0 spiro atoms. The molecule has 1 unspecified atom stereocenters. The Hall–Kier alpha value is -0.830. The summed E-state index contributed by atoms with van der Waals surface area (Å²) in [5.74, 6) is 1.01. The SMILES string of the molecule is CCNC(CCC1CC1)c1cc(C)nn1C. The molecule has 0 radical (unpaired) electrons. The number of rotatable bonds is 6. The van der Waals surface area contributed by atoms with Crippen LogP contribution in [0, 0.1) is 12.8 Å². The number of nitrogens with one attached hydrogen (secondary N) is 1. The largest absolute Gasteiger partial charge is 0.309 e. The van der Waals surface area contributed by atoms with E-state index in [1.54, 1.807) is 0 Å². The van der Waals surface area contributed by atoms with Crippen LogP contribution in [0.5, 0.6) is 0 Å². The maximum absolute atomic E-state index is 4.43. The Bertz CT molecular complexity index is 339. The molecule has 3 nitrogen and oxygen atoms in total. The number of aromatic nitrogens is 2. The lowest BCUT2D eigenvalue weighted by atomic mass is 10.1. The molecular formula is C13H23N3. The highest BCUT2D eigenvalue weighted by Gasteiger charge is 2.23. The average molecular weight is 221 g/mol. The predicted molar refractivity (Wildman–Crippen MR) is 66.3 cm³/mol. The van der Waals surface area contributed by atoms with Crippen molar-refractivity contribution in [1.29, 1.82) is 0 Å². The quantitative estimate of drug-likeness (QED) is 0.800. The Morgan fingerprint density at radius 1 is 1.56 bits per heavy atom. The Balaban J connectivity index is 2.01. The molecule has 1 saturated carbocycles. The summed E-state index contributed by atoms with van der Waals surface area (Å²) in [6.07, 6.45) is 5.51. The van der Waals surface area contributed by atoms with E-state index in [0.717, 1.165) is 18.2 Å². The molecule has 90 valence electrons. The molecule has 1 aliphatic carbocycles. The molecule has 3 heteroatoms. The van der Waals surface area contributed by atoms with Gasteiger partial charge in [0.2, 0.25) is 0 Å². The summed E-state index contributed by atoms with van der Waals surface area (Å²) >= 11 is 0. The van der Waals surface area contributed by atoms with Gasteiger partial charge in [-0.05, 0) is 38.3 Å². The van der Waals surface area contributed by atoms with Crippen LogP contribution in [0.1, 0.15) is 50.0 Å². The van der Waals surface area contributed by atoms with Crippen molar-refractivity contribution < 1.29 is 0 Å². The van der Waals surface area contributed by atoms with Crippen molar-refractivity contribution in [3.63, 3.8) is 0 Å². The van der Waals surface area contributed by atoms with Gasteiger partial charge in [0.1, 0.15) is 0 Å². The second kappa shape index (κ2) is 5.00. The molecule has 1 aromatic rings. The van der Waals surface area contributed by atoms with Gasteiger partial charge in [0.25, 0.3) is 0 Å². The van der Waals surface area contributed by atoms with Gasteiger partial charge in [0, 0.05) is 13.1 Å². The summed E-state index contributed by atoms with van der Waals surface area (Å²) in [7, 11) is 2.05. The monoisotopic (exact) mass is 221 g/mol. The summed E-state index contributed by atoms with van der Waals surface area (Å²) in [5.41, 5.74) is 2.45. The van der Waals surface area contributed by atoms with Crippen molar-refractivity contribution in [2.24, 2.45) is 13.0 Å². The zero-order valence-electron chi connectivity index (χ0n) is 10.7. The third-order valence-corrected chi connectivity index (χ3v) is 3.41. The van der Waals surface area contributed by atoms with Crippen LogP contribution in [0.25, 0.3) is 0 Å². The van der Waals surface area contributed by atoms with E-state index >= 15 is 0 Å². The maximum Gasteiger partial charge on any atom is 0.0597 e. The lowest BCUT2D eigenvalue weighted by molar-refractivity contribution is 0.454. The number of hydrogen-bond acceptors (Lipinski definition) is 2. The van der Waals surface area contributed by atoms with Gasteiger partial charge in [0.05, 0.1) is 11.4 Å². The van der Waals surface area contributed by atoms with Crippen molar-refractivity contribution in [3.05, 3.63) is 17.5 Å². The fourth-order valence-electron chi connectivity index (χ4n) is 2.37. The smallest absolute Gasteiger partial charge is 0.0597 e. The lowest BCUT2D eigenvalue weighted by Gasteiger charge is -2.17. The third-order valence-electron chi connectivity index (χ3n) is 3.41. The molecule has 16 heavy (non-hydrogen) atoms. The van der Waals surface area contributed by atoms with Crippen LogP contribution >= 0.6 is 0 Å². The molecule has 2 rings (SSSR count). The minimum atomic E-state index is 0.483. The molecule has 0 bridgehead atoms. The molecule has 1 N–H and O–H groups in total. The van der Waals surface area contributed by atoms with Crippen LogP contribution in [0.2, 0.25) is 0 Å². The fraction of sp³-hybridized carbons (Fsp3) is 0.769. The van der Waals surface area contributed by atoms with Crippen molar-refractivity contribution in [3.8, 4) is 0 Å². The van der Waals surface area contributed by atoms with Crippen molar-refractivity contribution >= 4 is 0 Å². The molecular weight excluding hydrogens is 198 g/mol. The number of aryl methyl sites for hydroxylation is 2. The highest BCUT2D eigenvalue weighted by Crippen LogP contribution is 2.35. The van der Waals surface area contributed by atoms with Gasteiger partial charge in [-0.2, -0.15) is 5.10 Å². The van der Waals surface area contributed by atoms with E-state index < -0.39 is 0 Å². The Kier molecular flexibility index (Phi) is 3.64. The predicted octanol–water partition coefficient (Wildman–Crippen LogP) is 2.57. The summed E-state index contributed by atoms with van der Waals surface area (Å²) in [5, 5.41) is 8.01. The second-order valence-electron chi connectivity index (χ2n) is 4.97. The molecule has 1 aromatic heterocycles. The molecule has 0 saturated heterocycles. The second-order valence-corrected chi connectivity index (χ2v) is 4.97. The molecule has 1 atom stereocenters. The van der Waals surface area contributed by atoms with Crippen molar-refractivity contribution in [2.45, 2.75) is 45.6 Å². The van der Waals surface area contributed by atoms with Crippen LogP contribution in [0.15, 0.2) is 6.07 Å².